The first-order valence-electron chi connectivity index (χ1n) is 7.01. The lowest BCUT2D eigenvalue weighted by Crippen LogP contribution is -2.40. The minimum atomic E-state index is 0.517. The average Bonchev–Trinajstić information content (AvgIpc) is 2.48. The van der Waals surface area contributed by atoms with E-state index in [2.05, 4.69) is 35.2 Å². The highest BCUT2D eigenvalue weighted by molar-refractivity contribution is 6.18. The first kappa shape index (κ1) is 12.9. The molecule has 3 heteroatoms. The molecule has 1 atom stereocenters. The number of hydrogen-bond acceptors (Lipinski definition) is 2. The van der Waals surface area contributed by atoms with Gasteiger partial charge in [0, 0.05) is 23.9 Å². The van der Waals surface area contributed by atoms with Crippen molar-refractivity contribution in [1.82, 2.24) is 9.88 Å². The van der Waals surface area contributed by atoms with Gasteiger partial charge in [-0.15, -0.1) is 11.6 Å². The molecule has 0 amide bonds. The smallest absolute Gasteiger partial charge is 0.0705 e. The molecular weight excluding hydrogens is 256 g/mol. The summed E-state index contributed by atoms with van der Waals surface area (Å²) in [6.07, 6.45) is 3.80. The van der Waals surface area contributed by atoms with Gasteiger partial charge in [-0.25, -0.2) is 0 Å². The van der Waals surface area contributed by atoms with Crippen LogP contribution in [-0.2, 0) is 6.54 Å². The van der Waals surface area contributed by atoms with Crippen LogP contribution in [0.15, 0.2) is 36.4 Å². The summed E-state index contributed by atoms with van der Waals surface area (Å²) >= 11 is 6.07. The predicted octanol–water partition coefficient (Wildman–Crippen LogP) is 3.83. The Morgan fingerprint density at radius 1 is 1.16 bits per heavy atom. The predicted molar refractivity (Wildman–Crippen MR) is 80.5 cm³/mol. The number of nitrogens with zero attached hydrogens (tertiary/aromatic N) is 2. The zero-order chi connectivity index (χ0) is 13.1. The van der Waals surface area contributed by atoms with E-state index in [1.165, 1.54) is 24.6 Å². The summed E-state index contributed by atoms with van der Waals surface area (Å²) < 4.78 is 0. The topological polar surface area (TPSA) is 16.1 Å². The number of pyridine rings is 1. The number of hydrogen-bond donors (Lipinski definition) is 0. The standard InChI is InChI=1S/C16H19ClN2/c17-11-15-6-3-4-10-19(15)12-14-9-8-13-5-1-2-7-16(13)18-14/h1-2,5,7-9,15H,3-4,6,10-12H2. The van der Waals surface area contributed by atoms with E-state index in [0.717, 1.165) is 30.2 Å². The monoisotopic (exact) mass is 274 g/mol. The Balaban J connectivity index is 1.80. The highest BCUT2D eigenvalue weighted by Crippen LogP contribution is 2.21. The number of rotatable bonds is 3. The van der Waals surface area contributed by atoms with Crippen LogP contribution in [0, 0.1) is 0 Å². The Morgan fingerprint density at radius 3 is 2.95 bits per heavy atom. The summed E-state index contributed by atoms with van der Waals surface area (Å²) in [6, 6.07) is 13.1. The van der Waals surface area contributed by atoms with Crippen LogP contribution in [0.3, 0.4) is 0 Å². The van der Waals surface area contributed by atoms with Crippen LogP contribution in [-0.4, -0.2) is 28.4 Å². The molecule has 1 aromatic carbocycles. The molecule has 2 aromatic rings. The molecule has 1 aliphatic heterocycles. The lowest BCUT2D eigenvalue weighted by Gasteiger charge is -2.34. The van der Waals surface area contributed by atoms with Crippen molar-refractivity contribution in [2.45, 2.75) is 31.8 Å². The Bertz CT molecular complexity index is 555. The number of aromatic nitrogens is 1. The molecule has 0 aliphatic carbocycles. The first-order chi connectivity index (χ1) is 9.36. The summed E-state index contributed by atoms with van der Waals surface area (Å²) in [5.74, 6) is 0.730. The zero-order valence-electron chi connectivity index (χ0n) is 11.1. The van der Waals surface area contributed by atoms with Crippen molar-refractivity contribution < 1.29 is 0 Å². The largest absolute Gasteiger partial charge is 0.293 e. The normalized spacial score (nSPS) is 20.8. The number of likely N-dealkylation sites (tertiary alicyclic amines) is 1. The molecule has 0 N–H and O–H groups in total. The van der Waals surface area contributed by atoms with Crippen LogP contribution in [0.1, 0.15) is 25.0 Å². The molecule has 100 valence electrons. The summed E-state index contributed by atoms with van der Waals surface area (Å²) in [5, 5.41) is 1.21. The highest BCUT2D eigenvalue weighted by Gasteiger charge is 2.21. The minimum absolute atomic E-state index is 0.517. The number of benzene rings is 1. The molecule has 0 bridgehead atoms. The van der Waals surface area contributed by atoms with Crippen molar-refractivity contribution in [2.24, 2.45) is 0 Å². The van der Waals surface area contributed by atoms with E-state index in [1.54, 1.807) is 0 Å². The van der Waals surface area contributed by atoms with Crippen molar-refractivity contribution >= 4 is 22.5 Å². The SMILES string of the molecule is ClCC1CCCCN1Cc1ccc2ccccc2n1. The van der Waals surface area contributed by atoms with Crippen molar-refractivity contribution in [3.05, 3.63) is 42.1 Å². The van der Waals surface area contributed by atoms with E-state index in [4.69, 9.17) is 16.6 Å². The van der Waals surface area contributed by atoms with Gasteiger partial charge in [0.2, 0.25) is 0 Å². The molecule has 1 fully saturated rings. The van der Waals surface area contributed by atoms with Gasteiger partial charge in [0.1, 0.15) is 0 Å². The molecule has 2 nitrogen and oxygen atoms in total. The molecule has 3 rings (SSSR count). The molecule has 1 unspecified atom stereocenters. The van der Waals surface area contributed by atoms with Crippen LogP contribution >= 0.6 is 11.6 Å². The second-order valence-electron chi connectivity index (χ2n) is 5.27. The maximum absolute atomic E-state index is 6.07. The minimum Gasteiger partial charge on any atom is -0.293 e. The molecule has 0 radical (unpaired) electrons. The lowest BCUT2D eigenvalue weighted by molar-refractivity contribution is 0.153. The van der Waals surface area contributed by atoms with E-state index in [0.29, 0.717) is 6.04 Å². The second-order valence-corrected chi connectivity index (χ2v) is 5.58. The van der Waals surface area contributed by atoms with Gasteiger partial charge in [-0.1, -0.05) is 30.7 Å². The molecule has 0 spiro atoms. The third kappa shape index (κ3) is 2.90. The van der Waals surface area contributed by atoms with E-state index in [9.17, 15) is 0 Å². The zero-order valence-corrected chi connectivity index (χ0v) is 11.8. The Kier molecular flexibility index (Phi) is 4.00. The number of piperidine rings is 1. The van der Waals surface area contributed by atoms with Crippen molar-refractivity contribution in [3.63, 3.8) is 0 Å². The van der Waals surface area contributed by atoms with E-state index in [-0.39, 0.29) is 0 Å². The third-order valence-electron chi connectivity index (χ3n) is 3.95. The molecule has 0 saturated carbocycles. The van der Waals surface area contributed by atoms with Gasteiger partial charge in [0.05, 0.1) is 11.2 Å². The molecule has 19 heavy (non-hydrogen) atoms. The van der Waals surface area contributed by atoms with Gasteiger partial charge in [-0.05, 0) is 31.5 Å². The van der Waals surface area contributed by atoms with Crippen LogP contribution in [0.5, 0.6) is 0 Å². The number of alkyl halides is 1. The van der Waals surface area contributed by atoms with Gasteiger partial charge in [0.25, 0.3) is 0 Å². The molecule has 2 heterocycles. The highest BCUT2D eigenvalue weighted by atomic mass is 35.5. The number of halogens is 1. The van der Waals surface area contributed by atoms with Gasteiger partial charge >= 0.3 is 0 Å². The molecule has 1 aliphatic rings. The lowest BCUT2D eigenvalue weighted by atomic mass is 10.0. The first-order valence-corrected chi connectivity index (χ1v) is 7.55. The summed E-state index contributed by atoms with van der Waals surface area (Å²) in [7, 11) is 0. The van der Waals surface area contributed by atoms with Crippen molar-refractivity contribution in [3.8, 4) is 0 Å². The van der Waals surface area contributed by atoms with Crippen LogP contribution < -0.4 is 0 Å². The van der Waals surface area contributed by atoms with Crippen molar-refractivity contribution in [1.29, 1.82) is 0 Å². The van der Waals surface area contributed by atoms with Crippen LogP contribution in [0.4, 0.5) is 0 Å². The average molecular weight is 275 g/mol. The van der Waals surface area contributed by atoms with Crippen molar-refractivity contribution in [2.75, 3.05) is 12.4 Å². The fourth-order valence-corrected chi connectivity index (χ4v) is 3.20. The van der Waals surface area contributed by atoms with Crippen LogP contribution in [0.25, 0.3) is 10.9 Å². The van der Waals surface area contributed by atoms with E-state index < -0.39 is 0 Å². The Morgan fingerprint density at radius 2 is 2.05 bits per heavy atom. The molecule has 1 aromatic heterocycles. The van der Waals surface area contributed by atoms with E-state index >= 15 is 0 Å². The van der Waals surface area contributed by atoms with Gasteiger partial charge in [-0.2, -0.15) is 0 Å². The fraction of sp³-hybridized carbons (Fsp3) is 0.438. The van der Waals surface area contributed by atoms with E-state index in [1.807, 2.05) is 6.07 Å². The maximum Gasteiger partial charge on any atom is 0.0705 e. The fourth-order valence-electron chi connectivity index (χ4n) is 2.85. The van der Waals surface area contributed by atoms with Gasteiger partial charge in [-0.3, -0.25) is 9.88 Å². The molecule has 1 saturated heterocycles. The quantitative estimate of drug-likeness (QED) is 0.791. The van der Waals surface area contributed by atoms with Gasteiger partial charge < -0.3 is 0 Å². The molecular formula is C16H19ClN2. The summed E-state index contributed by atoms with van der Waals surface area (Å²) in [6.45, 7) is 2.06. The summed E-state index contributed by atoms with van der Waals surface area (Å²) in [4.78, 5) is 7.23. The number of para-hydroxylation sites is 1. The third-order valence-corrected chi connectivity index (χ3v) is 4.30. The van der Waals surface area contributed by atoms with Crippen LogP contribution in [0.2, 0.25) is 0 Å². The second kappa shape index (κ2) is 5.89. The Hall–Kier alpha value is -1.12. The Labute approximate surface area is 119 Å². The van der Waals surface area contributed by atoms with Gasteiger partial charge in [0.15, 0.2) is 0 Å². The maximum atomic E-state index is 6.07. The number of fused-ring (bicyclic) bond motifs is 1. The summed E-state index contributed by atoms with van der Waals surface area (Å²) in [5.41, 5.74) is 2.23.